The van der Waals surface area contributed by atoms with Gasteiger partial charge in [-0.05, 0) is 18.6 Å². The second kappa shape index (κ2) is 6.11. The molecule has 0 amide bonds. The van der Waals surface area contributed by atoms with Crippen LogP contribution in [0, 0.1) is 27.2 Å². The van der Waals surface area contributed by atoms with Crippen molar-refractivity contribution in [2.24, 2.45) is 0 Å². The Morgan fingerprint density at radius 2 is 1.71 bits per heavy atom. The van der Waals surface area contributed by atoms with Gasteiger partial charge in [-0.15, -0.1) is 0 Å². The topological polar surface area (TPSA) is 102 Å². The Morgan fingerprint density at radius 1 is 1.04 bits per heavy atom. The van der Waals surface area contributed by atoms with Gasteiger partial charge in [0.05, 0.1) is 10.8 Å². The molecule has 0 bridgehead atoms. The molecule has 1 unspecified atom stereocenters. The number of aromatic nitrogens is 1. The Labute approximate surface area is 137 Å². The third-order valence-corrected chi connectivity index (χ3v) is 4.13. The van der Waals surface area contributed by atoms with Gasteiger partial charge in [0.25, 0.3) is 5.69 Å². The van der Waals surface area contributed by atoms with E-state index >= 15 is 0 Å². The van der Waals surface area contributed by atoms with E-state index in [9.17, 15) is 20.2 Å². The second-order valence-electron chi connectivity index (χ2n) is 5.59. The van der Waals surface area contributed by atoms with E-state index in [2.05, 4.69) is 4.98 Å². The van der Waals surface area contributed by atoms with Crippen molar-refractivity contribution in [1.82, 2.24) is 4.98 Å². The normalized spacial score (nSPS) is 12.2. The Morgan fingerprint density at radius 3 is 2.42 bits per heavy atom. The summed E-state index contributed by atoms with van der Waals surface area (Å²) in [4.78, 5) is 24.9. The molecule has 7 nitrogen and oxygen atoms in total. The van der Waals surface area contributed by atoms with Crippen molar-refractivity contribution in [3.8, 4) is 0 Å². The Kier molecular flexibility index (Phi) is 3.99. The molecule has 0 radical (unpaired) electrons. The molecule has 0 fully saturated rings. The molecule has 122 valence electrons. The van der Waals surface area contributed by atoms with E-state index < -0.39 is 22.3 Å². The third kappa shape index (κ3) is 2.71. The van der Waals surface area contributed by atoms with Gasteiger partial charge in [-0.1, -0.05) is 36.4 Å². The fraction of sp³-hybridized carbons (Fsp3) is 0.176. The summed E-state index contributed by atoms with van der Waals surface area (Å²) in [5, 5.41) is 23.4. The fourth-order valence-electron chi connectivity index (χ4n) is 3.19. The summed E-state index contributed by atoms with van der Waals surface area (Å²) >= 11 is 0. The van der Waals surface area contributed by atoms with Crippen molar-refractivity contribution in [2.45, 2.75) is 12.8 Å². The summed E-state index contributed by atoms with van der Waals surface area (Å²) in [5.41, 5.74) is 2.62. The van der Waals surface area contributed by atoms with E-state index in [1.807, 2.05) is 31.2 Å². The first kappa shape index (κ1) is 15.7. The largest absolute Gasteiger partial charge is 0.358 e. The van der Waals surface area contributed by atoms with Gasteiger partial charge in [0.2, 0.25) is 6.54 Å². The number of aryl methyl sites for hydroxylation is 1. The molecule has 3 rings (SSSR count). The predicted molar refractivity (Wildman–Crippen MR) is 89.8 cm³/mol. The van der Waals surface area contributed by atoms with Crippen LogP contribution in [-0.4, -0.2) is 21.4 Å². The van der Waals surface area contributed by atoms with Gasteiger partial charge in [-0.2, -0.15) is 0 Å². The monoisotopic (exact) mass is 325 g/mol. The molecule has 0 saturated carbocycles. The lowest BCUT2D eigenvalue weighted by Gasteiger charge is -2.14. The highest BCUT2D eigenvalue weighted by Crippen LogP contribution is 2.37. The quantitative estimate of drug-likeness (QED) is 0.569. The number of nitrogens with one attached hydrogen (secondary N) is 1. The van der Waals surface area contributed by atoms with Gasteiger partial charge < -0.3 is 4.98 Å². The van der Waals surface area contributed by atoms with E-state index in [1.165, 1.54) is 6.07 Å². The highest BCUT2D eigenvalue weighted by Gasteiger charge is 2.30. The van der Waals surface area contributed by atoms with Crippen molar-refractivity contribution < 1.29 is 9.85 Å². The molecule has 0 aliphatic heterocycles. The van der Waals surface area contributed by atoms with E-state index in [0.717, 1.165) is 22.2 Å². The summed E-state index contributed by atoms with van der Waals surface area (Å²) in [6.45, 7) is 1.42. The lowest BCUT2D eigenvalue weighted by atomic mass is 9.88. The van der Waals surface area contributed by atoms with Gasteiger partial charge in [0.15, 0.2) is 0 Å². The lowest BCUT2D eigenvalue weighted by molar-refractivity contribution is -0.482. The zero-order chi connectivity index (χ0) is 17.3. The van der Waals surface area contributed by atoms with Crippen LogP contribution >= 0.6 is 0 Å². The van der Waals surface area contributed by atoms with Gasteiger partial charge in [-0.3, -0.25) is 20.2 Å². The number of nitro benzene ring substituents is 1. The first-order chi connectivity index (χ1) is 11.5. The summed E-state index contributed by atoms with van der Waals surface area (Å²) < 4.78 is 0. The standard InChI is InChI=1S/C17H15N3O4/c1-11-17(13-7-2-4-8-15(13)18-11)14(10-19(21)22)12-6-3-5-9-16(12)20(23)24/h2-9,14,18H,10H2,1H3. The highest BCUT2D eigenvalue weighted by atomic mass is 16.6. The average molecular weight is 325 g/mol. The number of aromatic amines is 1. The molecule has 24 heavy (non-hydrogen) atoms. The lowest BCUT2D eigenvalue weighted by Crippen LogP contribution is -2.16. The van der Waals surface area contributed by atoms with Gasteiger partial charge >= 0.3 is 0 Å². The smallest absolute Gasteiger partial charge is 0.273 e. The molecule has 2 aromatic carbocycles. The molecular formula is C17H15N3O4. The van der Waals surface area contributed by atoms with Crippen LogP contribution < -0.4 is 0 Å². The zero-order valence-electron chi connectivity index (χ0n) is 12.9. The van der Waals surface area contributed by atoms with Crippen LogP contribution in [0.25, 0.3) is 10.9 Å². The Balaban J connectivity index is 2.26. The van der Waals surface area contributed by atoms with Crippen molar-refractivity contribution in [3.05, 3.63) is 85.6 Å². The SMILES string of the molecule is Cc1[nH]c2ccccc2c1C(C[N+](=O)[O-])c1ccccc1[N+](=O)[O-]. The summed E-state index contributed by atoms with van der Waals surface area (Å²) in [6, 6.07) is 13.7. The maximum atomic E-state index is 11.4. The summed E-state index contributed by atoms with van der Waals surface area (Å²) in [5.74, 6) is -0.697. The number of hydrogen-bond acceptors (Lipinski definition) is 4. The summed E-state index contributed by atoms with van der Waals surface area (Å²) in [6.07, 6.45) is 0. The predicted octanol–water partition coefficient (Wildman–Crippen LogP) is 3.79. The number of nitrogens with zero attached hydrogens (tertiary/aromatic N) is 2. The minimum Gasteiger partial charge on any atom is -0.358 e. The van der Waals surface area contributed by atoms with Crippen LogP contribution in [-0.2, 0) is 0 Å². The fourth-order valence-corrected chi connectivity index (χ4v) is 3.19. The maximum Gasteiger partial charge on any atom is 0.273 e. The number of benzene rings is 2. The van der Waals surface area contributed by atoms with E-state index in [1.54, 1.807) is 18.2 Å². The van der Waals surface area contributed by atoms with Crippen LogP contribution in [0.5, 0.6) is 0 Å². The molecule has 1 heterocycles. The first-order valence-corrected chi connectivity index (χ1v) is 7.41. The Hall–Kier alpha value is -3.22. The minimum atomic E-state index is -0.697. The molecule has 0 aliphatic carbocycles. The number of hydrogen-bond donors (Lipinski definition) is 1. The van der Waals surface area contributed by atoms with Crippen LogP contribution in [0.4, 0.5) is 5.69 Å². The second-order valence-corrected chi connectivity index (χ2v) is 5.59. The molecule has 7 heteroatoms. The molecule has 1 N–H and O–H groups in total. The van der Waals surface area contributed by atoms with Gasteiger partial charge in [0.1, 0.15) is 0 Å². The minimum absolute atomic E-state index is 0.103. The number of fused-ring (bicyclic) bond motifs is 1. The number of rotatable bonds is 5. The van der Waals surface area contributed by atoms with E-state index in [4.69, 9.17) is 0 Å². The summed E-state index contributed by atoms with van der Waals surface area (Å²) in [7, 11) is 0. The zero-order valence-corrected chi connectivity index (χ0v) is 12.9. The number of nitro groups is 2. The van der Waals surface area contributed by atoms with Crippen molar-refractivity contribution in [1.29, 1.82) is 0 Å². The van der Waals surface area contributed by atoms with Crippen LogP contribution in [0.1, 0.15) is 22.7 Å². The third-order valence-electron chi connectivity index (χ3n) is 4.13. The number of H-pyrrole nitrogens is 1. The first-order valence-electron chi connectivity index (χ1n) is 7.41. The van der Waals surface area contributed by atoms with Crippen molar-refractivity contribution in [2.75, 3.05) is 6.54 Å². The number of para-hydroxylation sites is 2. The van der Waals surface area contributed by atoms with Crippen molar-refractivity contribution in [3.63, 3.8) is 0 Å². The van der Waals surface area contributed by atoms with Gasteiger partial charge in [0, 0.05) is 33.1 Å². The van der Waals surface area contributed by atoms with Crippen LogP contribution in [0.3, 0.4) is 0 Å². The molecular weight excluding hydrogens is 310 g/mol. The van der Waals surface area contributed by atoms with E-state index in [-0.39, 0.29) is 5.69 Å². The maximum absolute atomic E-state index is 11.4. The highest BCUT2D eigenvalue weighted by molar-refractivity contribution is 5.86. The molecule has 0 spiro atoms. The van der Waals surface area contributed by atoms with Crippen molar-refractivity contribution >= 4 is 16.6 Å². The Bertz CT molecular complexity index is 932. The average Bonchev–Trinajstić information content (AvgIpc) is 2.88. The van der Waals surface area contributed by atoms with Crippen LogP contribution in [0.15, 0.2) is 48.5 Å². The molecule has 3 aromatic rings. The molecule has 1 aromatic heterocycles. The molecule has 1 atom stereocenters. The van der Waals surface area contributed by atoms with Gasteiger partial charge in [-0.25, -0.2) is 0 Å². The van der Waals surface area contributed by atoms with E-state index in [0.29, 0.717) is 5.56 Å². The van der Waals surface area contributed by atoms with Crippen LogP contribution in [0.2, 0.25) is 0 Å². The molecule has 0 aliphatic rings. The molecule has 0 saturated heterocycles.